The lowest BCUT2D eigenvalue weighted by atomic mass is 9.86. The Labute approximate surface area is 164 Å². The van der Waals surface area contributed by atoms with Crippen molar-refractivity contribution in [3.05, 3.63) is 47.0 Å². The van der Waals surface area contributed by atoms with Gasteiger partial charge < -0.3 is 15.4 Å². The highest BCUT2D eigenvalue weighted by atomic mass is 32.1. The van der Waals surface area contributed by atoms with Crippen molar-refractivity contribution in [1.29, 1.82) is 0 Å². The third-order valence-corrected chi connectivity index (χ3v) is 5.73. The second-order valence-corrected chi connectivity index (χ2v) is 7.95. The molecule has 146 valence electrons. The summed E-state index contributed by atoms with van der Waals surface area (Å²) in [5.41, 5.74) is 1.97. The number of anilines is 1. The normalized spacial score (nSPS) is 16.8. The number of piperidine rings is 1. The summed E-state index contributed by atoms with van der Waals surface area (Å²) in [6.45, 7) is 5.78. The van der Waals surface area contributed by atoms with Crippen molar-refractivity contribution < 1.29 is 9.53 Å². The van der Waals surface area contributed by atoms with Crippen molar-refractivity contribution in [3.8, 4) is 0 Å². The van der Waals surface area contributed by atoms with Gasteiger partial charge in [-0.2, -0.15) is 0 Å². The zero-order valence-electron chi connectivity index (χ0n) is 16.0. The summed E-state index contributed by atoms with van der Waals surface area (Å²) in [4.78, 5) is 19.7. The summed E-state index contributed by atoms with van der Waals surface area (Å²) in [6, 6.07) is 8.67. The van der Waals surface area contributed by atoms with Crippen molar-refractivity contribution in [3.63, 3.8) is 0 Å². The monoisotopic (exact) mass is 388 g/mol. The van der Waals surface area contributed by atoms with Crippen molar-refractivity contribution in [2.24, 2.45) is 0 Å². The quantitative estimate of drug-likeness (QED) is 0.681. The van der Waals surface area contributed by atoms with Crippen LogP contribution in [0.25, 0.3) is 0 Å². The molecule has 0 spiro atoms. The maximum atomic E-state index is 13.0. The summed E-state index contributed by atoms with van der Waals surface area (Å²) in [6.07, 6.45) is 3.25. The number of hydrogen-bond acceptors (Lipinski definition) is 6. The van der Waals surface area contributed by atoms with Gasteiger partial charge in [-0.25, -0.2) is 4.98 Å². The van der Waals surface area contributed by atoms with Crippen LogP contribution >= 0.6 is 11.3 Å². The highest BCUT2D eigenvalue weighted by Gasteiger charge is 2.41. The number of likely N-dealkylation sites (tertiary alicyclic amines) is 1. The molecule has 0 radical (unpaired) electrons. The molecule has 1 aromatic heterocycles. The van der Waals surface area contributed by atoms with E-state index >= 15 is 0 Å². The first-order valence-electron chi connectivity index (χ1n) is 9.34. The fourth-order valence-electron chi connectivity index (χ4n) is 3.38. The van der Waals surface area contributed by atoms with Gasteiger partial charge in [0, 0.05) is 44.9 Å². The Morgan fingerprint density at radius 2 is 2.04 bits per heavy atom. The van der Waals surface area contributed by atoms with Gasteiger partial charge >= 0.3 is 0 Å². The molecule has 2 heterocycles. The number of aryl methyl sites for hydroxylation is 1. The zero-order valence-corrected chi connectivity index (χ0v) is 16.8. The van der Waals surface area contributed by atoms with E-state index < -0.39 is 5.54 Å². The molecule has 1 aliphatic heterocycles. The molecule has 0 bridgehead atoms. The van der Waals surface area contributed by atoms with Crippen LogP contribution < -0.4 is 10.6 Å². The number of thiazole rings is 1. The molecule has 27 heavy (non-hydrogen) atoms. The predicted molar refractivity (Wildman–Crippen MR) is 109 cm³/mol. The molecule has 1 amide bonds. The van der Waals surface area contributed by atoms with Gasteiger partial charge in [0.1, 0.15) is 5.54 Å². The summed E-state index contributed by atoms with van der Waals surface area (Å²) in [7, 11) is 1.64. The molecule has 0 aliphatic carbocycles. The molecular formula is C20H28N4O2S. The average molecular weight is 389 g/mol. The standard InChI is InChI=1S/C20H28N4O2S/c1-16-3-5-17(6-4-16)15-24-11-7-20(8-12-24,18(25)21-9-13-26-2)23-19-22-10-14-27-19/h3-6,10,14H,7-9,11-13,15H2,1-2H3,(H,21,25)(H,22,23). The minimum atomic E-state index is -0.616. The van der Waals surface area contributed by atoms with Crippen molar-refractivity contribution in [2.75, 3.05) is 38.7 Å². The fraction of sp³-hybridized carbons (Fsp3) is 0.500. The van der Waals surface area contributed by atoms with E-state index in [1.165, 1.54) is 22.5 Å². The Hall–Kier alpha value is -1.96. The smallest absolute Gasteiger partial charge is 0.245 e. The molecule has 7 heteroatoms. The van der Waals surface area contributed by atoms with Gasteiger partial charge in [-0.05, 0) is 25.3 Å². The minimum Gasteiger partial charge on any atom is -0.383 e. The number of carbonyl (C=O) groups is 1. The number of amides is 1. The van der Waals surface area contributed by atoms with Crippen LogP contribution in [0.1, 0.15) is 24.0 Å². The lowest BCUT2D eigenvalue weighted by molar-refractivity contribution is -0.127. The number of nitrogens with one attached hydrogen (secondary N) is 2. The Morgan fingerprint density at radius 3 is 2.67 bits per heavy atom. The summed E-state index contributed by atoms with van der Waals surface area (Å²) in [5, 5.41) is 9.15. The molecule has 0 saturated carbocycles. The molecule has 1 aromatic carbocycles. The SMILES string of the molecule is COCCNC(=O)C1(Nc2nccs2)CCN(Cc2ccc(C)cc2)CC1. The first-order valence-corrected chi connectivity index (χ1v) is 10.2. The molecule has 3 rings (SSSR count). The van der Waals surface area contributed by atoms with Gasteiger partial charge in [-0.15, -0.1) is 11.3 Å². The number of methoxy groups -OCH3 is 1. The van der Waals surface area contributed by atoms with E-state index in [0.717, 1.165) is 37.6 Å². The number of benzene rings is 1. The number of hydrogen-bond donors (Lipinski definition) is 2. The maximum absolute atomic E-state index is 13.0. The maximum Gasteiger partial charge on any atom is 0.245 e. The first kappa shape index (κ1) is 19.8. The Kier molecular flexibility index (Phi) is 6.82. The Balaban J connectivity index is 1.64. The van der Waals surface area contributed by atoms with Crippen LogP contribution in [0.3, 0.4) is 0 Å². The average Bonchev–Trinajstić information content (AvgIpc) is 3.18. The third-order valence-electron chi connectivity index (χ3n) is 5.04. The highest BCUT2D eigenvalue weighted by Crippen LogP contribution is 2.29. The molecule has 0 atom stereocenters. The second kappa shape index (κ2) is 9.30. The van der Waals surface area contributed by atoms with Gasteiger partial charge in [0.15, 0.2) is 5.13 Å². The summed E-state index contributed by atoms with van der Waals surface area (Å²) in [5.74, 6) is 0.0322. The molecule has 2 N–H and O–H groups in total. The van der Waals surface area contributed by atoms with Crippen LogP contribution in [-0.2, 0) is 16.1 Å². The predicted octanol–water partition coefficient (Wildman–Crippen LogP) is 2.66. The van der Waals surface area contributed by atoms with E-state index in [9.17, 15) is 4.79 Å². The number of nitrogens with zero attached hydrogens (tertiary/aromatic N) is 2. The van der Waals surface area contributed by atoms with Gasteiger partial charge in [0.2, 0.25) is 5.91 Å². The first-order chi connectivity index (χ1) is 13.1. The van der Waals surface area contributed by atoms with E-state index in [-0.39, 0.29) is 5.91 Å². The topological polar surface area (TPSA) is 66.5 Å². The van der Waals surface area contributed by atoms with Crippen LogP contribution in [0.2, 0.25) is 0 Å². The Morgan fingerprint density at radius 1 is 1.30 bits per heavy atom. The zero-order chi connectivity index (χ0) is 19.1. The van der Waals surface area contributed by atoms with Crippen LogP contribution in [-0.4, -0.2) is 54.7 Å². The molecular weight excluding hydrogens is 360 g/mol. The molecule has 2 aromatic rings. The van der Waals surface area contributed by atoms with E-state index in [1.807, 2.05) is 5.38 Å². The number of ether oxygens (including phenoxy) is 1. The second-order valence-electron chi connectivity index (χ2n) is 7.05. The third kappa shape index (κ3) is 5.28. The van der Waals surface area contributed by atoms with E-state index in [2.05, 4.69) is 51.7 Å². The van der Waals surface area contributed by atoms with Crippen LogP contribution in [0.15, 0.2) is 35.8 Å². The van der Waals surface area contributed by atoms with Crippen LogP contribution in [0.4, 0.5) is 5.13 Å². The lowest BCUT2D eigenvalue weighted by Crippen LogP contribution is -2.58. The van der Waals surface area contributed by atoms with Crippen LogP contribution in [0, 0.1) is 6.92 Å². The van der Waals surface area contributed by atoms with Gasteiger partial charge in [-0.1, -0.05) is 29.8 Å². The molecule has 1 aliphatic rings. The molecule has 0 unspecified atom stereocenters. The van der Waals surface area contributed by atoms with E-state index in [1.54, 1.807) is 13.3 Å². The van der Waals surface area contributed by atoms with E-state index in [0.29, 0.717) is 13.2 Å². The lowest BCUT2D eigenvalue weighted by Gasteiger charge is -2.41. The summed E-state index contributed by atoms with van der Waals surface area (Å²) < 4.78 is 5.06. The minimum absolute atomic E-state index is 0.0322. The largest absolute Gasteiger partial charge is 0.383 e. The molecule has 1 fully saturated rings. The van der Waals surface area contributed by atoms with Gasteiger partial charge in [-0.3, -0.25) is 9.69 Å². The van der Waals surface area contributed by atoms with Gasteiger partial charge in [0.05, 0.1) is 6.61 Å². The van der Waals surface area contributed by atoms with E-state index in [4.69, 9.17) is 4.74 Å². The number of aromatic nitrogens is 1. The summed E-state index contributed by atoms with van der Waals surface area (Å²) >= 11 is 1.53. The van der Waals surface area contributed by atoms with Crippen molar-refractivity contribution in [1.82, 2.24) is 15.2 Å². The number of rotatable bonds is 8. The molecule has 1 saturated heterocycles. The van der Waals surface area contributed by atoms with Crippen LogP contribution in [0.5, 0.6) is 0 Å². The number of carbonyl (C=O) groups excluding carboxylic acids is 1. The van der Waals surface area contributed by atoms with Crippen molar-refractivity contribution in [2.45, 2.75) is 31.8 Å². The fourth-order valence-corrected chi connectivity index (χ4v) is 4.01. The highest BCUT2D eigenvalue weighted by molar-refractivity contribution is 7.13. The van der Waals surface area contributed by atoms with Crippen molar-refractivity contribution >= 4 is 22.4 Å². The molecule has 6 nitrogen and oxygen atoms in total. The van der Waals surface area contributed by atoms with Gasteiger partial charge in [0.25, 0.3) is 0 Å². The Bertz CT molecular complexity index is 710.